The van der Waals surface area contributed by atoms with Gasteiger partial charge in [0.1, 0.15) is 4.34 Å². The maximum Gasteiger partial charge on any atom is 0.352 e. The van der Waals surface area contributed by atoms with Gasteiger partial charge in [-0.15, -0.1) is 17.8 Å². The smallest absolute Gasteiger partial charge is 0.352 e. The monoisotopic (exact) mass is 382 g/mol. The summed E-state index contributed by atoms with van der Waals surface area (Å²) in [6.45, 7) is 3.95. The third-order valence-corrected chi connectivity index (χ3v) is 5.12. The Kier molecular flexibility index (Phi) is 4.54. The molecule has 3 heterocycles. The van der Waals surface area contributed by atoms with E-state index in [0.29, 0.717) is 20.6 Å². The van der Waals surface area contributed by atoms with E-state index in [9.17, 15) is 4.79 Å². The predicted octanol–water partition coefficient (Wildman–Crippen LogP) is 3.59. The number of aromatic nitrogens is 4. The molecule has 0 spiro atoms. The molecule has 9 heteroatoms. The number of nitrogens with one attached hydrogen (secondary N) is 1. The van der Waals surface area contributed by atoms with Gasteiger partial charge in [-0.2, -0.15) is 14.6 Å². The van der Waals surface area contributed by atoms with Gasteiger partial charge in [-0.1, -0.05) is 43.0 Å². The van der Waals surface area contributed by atoms with Crippen LogP contribution in [-0.4, -0.2) is 26.2 Å². The van der Waals surface area contributed by atoms with Crippen LogP contribution in [0, 0.1) is 12.3 Å². The van der Waals surface area contributed by atoms with Crippen LogP contribution in [0.3, 0.4) is 0 Å². The van der Waals surface area contributed by atoms with Gasteiger partial charge in [0.15, 0.2) is 12.3 Å². The van der Waals surface area contributed by atoms with E-state index in [1.165, 1.54) is 15.9 Å². The molecule has 0 aliphatic carbocycles. The maximum atomic E-state index is 12.3. The highest BCUT2D eigenvalue weighted by Gasteiger charge is 2.23. The zero-order valence-electron chi connectivity index (χ0n) is 12.8. The number of hydrogen-bond donors (Lipinski definition) is 1. The Balaban J connectivity index is 2.31. The second kappa shape index (κ2) is 6.48. The van der Waals surface area contributed by atoms with Crippen molar-refractivity contribution in [3.05, 3.63) is 31.6 Å². The normalized spacial score (nSPS) is 11.2. The lowest BCUT2D eigenvalue weighted by atomic mass is 10.1. The number of nitrogens with zero attached hydrogens (tertiary/aromatic N) is 3. The van der Waals surface area contributed by atoms with E-state index in [0.717, 1.165) is 10.6 Å². The highest BCUT2D eigenvalue weighted by Crippen LogP contribution is 2.41. The van der Waals surface area contributed by atoms with E-state index >= 15 is 0 Å². The molecule has 0 unspecified atom stereocenters. The molecule has 3 aromatic heterocycles. The summed E-state index contributed by atoms with van der Waals surface area (Å²) in [6.07, 6.45) is 5.17. The number of aromatic amines is 1. The van der Waals surface area contributed by atoms with Crippen LogP contribution in [0.4, 0.5) is 0 Å². The van der Waals surface area contributed by atoms with Crippen LogP contribution in [0.2, 0.25) is 9.36 Å². The average molecular weight is 383 g/mol. The minimum atomic E-state index is -0.464. The lowest BCUT2D eigenvalue weighted by molar-refractivity contribution is 0.337. The second-order valence-electron chi connectivity index (χ2n) is 5.22. The van der Waals surface area contributed by atoms with Gasteiger partial charge >= 0.3 is 11.7 Å². The molecular weight excluding hydrogens is 371 g/mol. The molecule has 0 aliphatic heterocycles. The summed E-state index contributed by atoms with van der Waals surface area (Å²) in [5, 5.41) is 4.83. The van der Waals surface area contributed by atoms with Crippen molar-refractivity contribution in [3.63, 3.8) is 0 Å². The van der Waals surface area contributed by atoms with Crippen molar-refractivity contribution in [3.8, 4) is 28.8 Å². The van der Waals surface area contributed by atoms with Crippen molar-refractivity contribution >= 4 is 40.2 Å². The van der Waals surface area contributed by atoms with Gasteiger partial charge in [-0.05, 0) is 12.0 Å². The van der Waals surface area contributed by atoms with E-state index in [4.69, 9.17) is 34.4 Å². The molecule has 3 aromatic rings. The summed E-state index contributed by atoms with van der Waals surface area (Å²) in [7, 11) is 0. The molecule has 24 heavy (non-hydrogen) atoms. The van der Waals surface area contributed by atoms with Crippen LogP contribution in [0.15, 0.2) is 10.9 Å². The fourth-order valence-corrected chi connectivity index (χ4v) is 3.65. The van der Waals surface area contributed by atoms with E-state index in [1.807, 2.05) is 13.8 Å². The number of hydrogen-bond acceptors (Lipinski definition) is 5. The summed E-state index contributed by atoms with van der Waals surface area (Å²) in [4.78, 5) is 19.9. The van der Waals surface area contributed by atoms with Crippen molar-refractivity contribution in [1.82, 2.24) is 19.6 Å². The van der Waals surface area contributed by atoms with E-state index in [2.05, 4.69) is 21.0 Å². The summed E-state index contributed by atoms with van der Waals surface area (Å²) in [5.41, 5.74) is 1.33. The number of H-pyrrole nitrogens is 1. The molecule has 0 bridgehead atoms. The number of halogens is 2. The summed E-state index contributed by atoms with van der Waals surface area (Å²) in [6, 6.07) is 1.78. The van der Waals surface area contributed by atoms with Crippen LogP contribution < -0.4 is 10.4 Å². The largest absolute Gasteiger partial charge is 0.451 e. The number of thiophene rings is 1. The molecule has 0 atom stereocenters. The first-order valence-corrected chi connectivity index (χ1v) is 8.54. The number of fused-ring (bicyclic) bond motifs is 1. The quantitative estimate of drug-likeness (QED) is 0.699. The second-order valence-corrected chi connectivity index (χ2v) is 7.28. The molecule has 0 aliphatic rings. The number of rotatable bonds is 4. The molecule has 124 valence electrons. The third kappa shape index (κ3) is 2.88. The van der Waals surface area contributed by atoms with Gasteiger partial charge in [0, 0.05) is 4.88 Å². The molecule has 3 rings (SSSR count). The first kappa shape index (κ1) is 16.8. The van der Waals surface area contributed by atoms with Gasteiger partial charge in [-0.25, -0.2) is 4.79 Å². The Bertz CT molecular complexity index is 994. The van der Waals surface area contributed by atoms with Gasteiger partial charge in [0.25, 0.3) is 0 Å². The lowest BCUT2D eigenvalue weighted by Gasteiger charge is -2.03. The number of terminal acetylenes is 1. The van der Waals surface area contributed by atoms with Crippen molar-refractivity contribution in [2.45, 2.75) is 19.8 Å². The Labute approximate surface area is 151 Å². The maximum absolute atomic E-state index is 12.3. The Morgan fingerprint density at radius 1 is 1.50 bits per heavy atom. The van der Waals surface area contributed by atoms with Crippen LogP contribution in [0.25, 0.3) is 16.1 Å². The van der Waals surface area contributed by atoms with Crippen LogP contribution >= 0.6 is 34.5 Å². The molecule has 0 radical (unpaired) electrons. The number of ether oxygens (including phenoxy) is 1. The summed E-state index contributed by atoms with van der Waals surface area (Å²) in [5.74, 6) is 2.39. The minimum absolute atomic E-state index is 0.00369. The molecule has 6 nitrogen and oxygen atoms in total. The first-order valence-electron chi connectivity index (χ1n) is 6.96. The van der Waals surface area contributed by atoms with Crippen molar-refractivity contribution in [1.29, 1.82) is 0 Å². The fraction of sp³-hybridized carbons (Fsp3) is 0.267. The van der Waals surface area contributed by atoms with Crippen molar-refractivity contribution in [2.75, 3.05) is 6.61 Å². The third-order valence-electron chi connectivity index (χ3n) is 3.23. The standard InChI is InChI=1S/C15H12Cl2N4O2S/c1-4-5-23-14-18-13-10(9-6-8(16)12(17)24-9)11(7(2)3)20-21(13)15(22)19-14/h1,6-7H,5H2,2-3H3,(H,18,19,22). The Morgan fingerprint density at radius 2 is 2.25 bits per heavy atom. The molecule has 0 fully saturated rings. The first-order chi connectivity index (χ1) is 11.4. The van der Waals surface area contributed by atoms with Gasteiger partial charge in [-0.3, -0.25) is 4.98 Å². The average Bonchev–Trinajstić information content (AvgIpc) is 3.06. The summed E-state index contributed by atoms with van der Waals surface area (Å²) < 4.78 is 6.91. The molecule has 0 aromatic carbocycles. The molecule has 1 N–H and O–H groups in total. The SMILES string of the molecule is C#CCOc1nc2c(-c3cc(Cl)c(Cl)s3)c(C(C)C)nn2c(=O)[nH]1. The van der Waals surface area contributed by atoms with Crippen molar-refractivity contribution in [2.24, 2.45) is 0 Å². The summed E-state index contributed by atoms with van der Waals surface area (Å²) >= 11 is 13.5. The topological polar surface area (TPSA) is 72.3 Å². The van der Waals surface area contributed by atoms with Gasteiger partial charge in [0.2, 0.25) is 0 Å². The van der Waals surface area contributed by atoms with E-state index in [-0.39, 0.29) is 18.5 Å². The lowest BCUT2D eigenvalue weighted by Crippen LogP contribution is -2.20. The molecule has 0 saturated carbocycles. The van der Waals surface area contributed by atoms with E-state index < -0.39 is 5.69 Å². The van der Waals surface area contributed by atoms with E-state index in [1.54, 1.807) is 6.07 Å². The Morgan fingerprint density at radius 3 is 2.83 bits per heavy atom. The zero-order valence-corrected chi connectivity index (χ0v) is 15.1. The molecular formula is C15H12Cl2N4O2S. The van der Waals surface area contributed by atoms with Crippen LogP contribution in [0.1, 0.15) is 25.5 Å². The highest BCUT2D eigenvalue weighted by atomic mass is 35.5. The molecule has 0 saturated heterocycles. The zero-order chi connectivity index (χ0) is 17.4. The van der Waals surface area contributed by atoms with Gasteiger partial charge < -0.3 is 4.74 Å². The van der Waals surface area contributed by atoms with Crippen molar-refractivity contribution < 1.29 is 4.74 Å². The fourth-order valence-electron chi connectivity index (χ4n) is 2.23. The predicted molar refractivity (Wildman–Crippen MR) is 95.4 cm³/mol. The van der Waals surface area contributed by atoms with Crippen LogP contribution in [0.5, 0.6) is 6.01 Å². The van der Waals surface area contributed by atoms with Crippen LogP contribution in [-0.2, 0) is 0 Å². The molecule has 0 amide bonds. The highest BCUT2D eigenvalue weighted by molar-refractivity contribution is 7.20. The minimum Gasteiger partial charge on any atom is -0.451 e. The Hall–Kier alpha value is -2.01. The van der Waals surface area contributed by atoms with Gasteiger partial charge in [0.05, 0.1) is 16.3 Å².